The fraction of sp³-hybridized carbons (Fsp3) is 0.545. The molecule has 0 aromatic carbocycles. The van der Waals surface area contributed by atoms with Crippen LogP contribution in [-0.4, -0.2) is 40.2 Å². The van der Waals surface area contributed by atoms with Crippen LogP contribution in [0.2, 0.25) is 0 Å². The first kappa shape index (κ1) is 13.2. The van der Waals surface area contributed by atoms with Gasteiger partial charge in [-0.25, -0.2) is 9.97 Å². The maximum atomic E-state index is 10.9. The van der Waals surface area contributed by atoms with Crippen LogP contribution in [0.15, 0.2) is 17.0 Å². The molecule has 0 unspecified atom stereocenters. The van der Waals surface area contributed by atoms with Crippen LogP contribution in [0.4, 0.5) is 5.82 Å². The Balaban J connectivity index is 1.99. The largest absolute Gasteiger partial charge is 0.383 e. The molecular formula is C11H15BrN4O2. The summed E-state index contributed by atoms with van der Waals surface area (Å²) in [5, 5.41) is 9.63. The summed E-state index contributed by atoms with van der Waals surface area (Å²) in [6.07, 6.45) is 3.61. The van der Waals surface area contributed by atoms with Crippen molar-refractivity contribution in [3.05, 3.63) is 17.0 Å². The maximum Gasteiger partial charge on any atom is 0.246 e. The first-order chi connectivity index (χ1) is 8.59. The van der Waals surface area contributed by atoms with Gasteiger partial charge in [-0.1, -0.05) is 0 Å². The minimum Gasteiger partial charge on any atom is -0.383 e. The summed E-state index contributed by atoms with van der Waals surface area (Å²) < 4.78 is 0.846. The second-order valence-corrected chi connectivity index (χ2v) is 5.22. The summed E-state index contributed by atoms with van der Waals surface area (Å²) in [6, 6.07) is 0. The zero-order valence-corrected chi connectivity index (χ0v) is 11.4. The normalized spacial score (nSPS) is 18.7. The van der Waals surface area contributed by atoms with Gasteiger partial charge in [0, 0.05) is 19.3 Å². The number of aliphatic hydroxyl groups is 1. The Morgan fingerprint density at radius 1 is 1.56 bits per heavy atom. The Morgan fingerprint density at radius 2 is 2.22 bits per heavy atom. The van der Waals surface area contributed by atoms with E-state index in [9.17, 15) is 9.90 Å². The van der Waals surface area contributed by atoms with Gasteiger partial charge in [0.1, 0.15) is 18.2 Å². The quantitative estimate of drug-likeness (QED) is 0.837. The van der Waals surface area contributed by atoms with Crippen molar-refractivity contribution in [2.45, 2.75) is 18.9 Å². The molecular weight excluding hydrogens is 300 g/mol. The number of aliphatic hydroxyl groups excluding tert-OH is 1. The second-order valence-electron chi connectivity index (χ2n) is 4.37. The van der Waals surface area contributed by atoms with Crippen LogP contribution in [0, 0.1) is 5.92 Å². The monoisotopic (exact) mass is 314 g/mol. The Kier molecular flexibility index (Phi) is 4.13. The van der Waals surface area contributed by atoms with E-state index < -0.39 is 12.0 Å². The van der Waals surface area contributed by atoms with Gasteiger partial charge < -0.3 is 15.7 Å². The molecule has 3 N–H and O–H groups in total. The number of hydrogen-bond acceptors (Lipinski definition) is 5. The van der Waals surface area contributed by atoms with Crippen molar-refractivity contribution >= 4 is 27.7 Å². The highest BCUT2D eigenvalue weighted by Gasteiger charge is 2.29. The Bertz CT molecular complexity index is 435. The molecule has 1 aliphatic rings. The topological polar surface area (TPSA) is 92.3 Å². The van der Waals surface area contributed by atoms with E-state index in [0.717, 1.165) is 36.2 Å². The minimum atomic E-state index is -1.04. The molecule has 1 fully saturated rings. The zero-order chi connectivity index (χ0) is 13.1. The van der Waals surface area contributed by atoms with E-state index in [2.05, 4.69) is 30.8 Å². The van der Waals surface area contributed by atoms with Crippen molar-refractivity contribution in [3.63, 3.8) is 0 Å². The summed E-state index contributed by atoms with van der Waals surface area (Å²) in [5.74, 6) is 0.146. The molecule has 2 heterocycles. The lowest BCUT2D eigenvalue weighted by Crippen LogP contribution is -2.43. The molecule has 0 aliphatic carbocycles. The lowest BCUT2D eigenvalue weighted by atomic mass is 9.91. The summed E-state index contributed by atoms with van der Waals surface area (Å²) in [4.78, 5) is 21.2. The first-order valence-electron chi connectivity index (χ1n) is 5.77. The van der Waals surface area contributed by atoms with Crippen molar-refractivity contribution < 1.29 is 9.90 Å². The average molecular weight is 315 g/mol. The molecule has 1 saturated heterocycles. The summed E-state index contributed by atoms with van der Waals surface area (Å²) in [7, 11) is 0. The molecule has 6 nitrogen and oxygen atoms in total. The number of hydrogen-bond donors (Lipinski definition) is 2. The average Bonchev–Trinajstić information content (AvgIpc) is 2.38. The standard InChI is InChI=1S/C11H15BrN4O2/c12-8-5-14-6-15-11(8)16-3-1-7(2-4-16)9(17)10(13)18/h5-7,9,17H,1-4H2,(H2,13,18)/t9-/m0/s1. The molecule has 1 amide bonds. The number of rotatable bonds is 3. The number of nitrogens with two attached hydrogens (primary N) is 1. The van der Waals surface area contributed by atoms with Crippen LogP contribution < -0.4 is 10.6 Å². The fourth-order valence-corrected chi connectivity index (χ4v) is 2.67. The van der Waals surface area contributed by atoms with E-state index in [-0.39, 0.29) is 5.92 Å². The molecule has 1 aromatic rings. The van der Waals surface area contributed by atoms with E-state index in [4.69, 9.17) is 5.73 Å². The van der Waals surface area contributed by atoms with Crippen LogP contribution in [-0.2, 0) is 4.79 Å². The number of nitrogens with zero attached hydrogens (tertiary/aromatic N) is 3. The number of amides is 1. The molecule has 0 radical (unpaired) electrons. The van der Waals surface area contributed by atoms with Gasteiger partial charge in [0.05, 0.1) is 4.47 Å². The number of carbonyl (C=O) groups is 1. The molecule has 2 rings (SSSR count). The van der Waals surface area contributed by atoms with E-state index >= 15 is 0 Å². The van der Waals surface area contributed by atoms with Gasteiger partial charge in [0.2, 0.25) is 5.91 Å². The third-order valence-electron chi connectivity index (χ3n) is 3.23. The Labute approximate surface area is 113 Å². The number of primary amides is 1. The molecule has 1 atom stereocenters. The van der Waals surface area contributed by atoms with Gasteiger partial charge in [-0.2, -0.15) is 0 Å². The van der Waals surface area contributed by atoms with Gasteiger partial charge in [0.25, 0.3) is 0 Å². The highest BCUT2D eigenvalue weighted by Crippen LogP contribution is 2.28. The third kappa shape index (κ3) is 2.78. The number of piperidine rings is 1. The highest BCUT2D eigenvalue weighted by atomic mass is 79.9. The molecule has 0 spiro atoms. The molecule has 98 valence electrons. The number of halogens is 1. The first-order valence-corrected chi connectivity index (χ1v) is 6.56. The van der Waals surface area contributed by atoms with Gasteiger partial charge in [-0.3, -0.25) is 4.79 Å². The molecule has 7 heteroatoms. The predicted octanol–water partition coefficient (Wildman–Crippen LogP) is 0.302. The fourth-order valence-electron chi connectivity index (χ4n) is 2.20. The molecule has 1 aliphatic heterocycles. The Hall–Kier alpha value is -1.21. The van der Waals surface area contributed by atoms with Crippen molar-refractivity contribution in [2.75, 3.05) is 18.0 Å². The number of anilines is 1. The summed E-state index contributed by atoms with van der Waals surface area (Å²) in [5.41, 5.74) is 5.11. The number of carbonyl (C=O) groups excluding carboxylic acids is 1. The molecule has 0 saturated carbocycles. The zero-order valence-electron chi connectivity index (χ0n) is 9.79. The van der Waals surface area contributed by atoms with E-state index in [1.165, 1.54) is 6.33 Å². The number of aromatic nitrogens is 2. The van der Waals surface area contributed by atoms with Crippen molar-refractivity contribution in [1.82, 2.24) is 9.97 Å². The lowest BCUT2D eigenvalue weighted by Gasteiger charge is -2.34. The van der Waals surface area contributed by atoms with Crippen LogP contribution in [0.25, 0.3) is 0 Å². The second kappa shape index (κ2) is 5.62. The van der Waals surface area contributed by atoms with Gasteiger partial charge >= 0.3 is 0 Å². The van der Waals surface area contributed by atoms with Crippen molar-refractivity contribution in [2.24, 2.45) is 11.7 Å². The van der Waals surface area contributed by atoms with E-state index in [1.54, 1.807) is 6.20 Å². The van der Waals surface area contributed by atoms with E-state index in [0.29, 0.717) is 0 Å². The Morgan fingerprint density at radius 3 is 2.78 bits per heavy atom. The van der Waals surface area contributed by atoms with Crippen LogP contribution >= 0.6 is 15.9 Å². The van der Waals surface area contributed by atoms with Crippen molar-refractivity contribution in [1.29, 1.82) is 0 Å². The highest BCUT2D eigenvalue weighted by molar-refractivity contribution is 9.10. The maximum absolute atomic E-state index is 10.9. The summed E-state index contributed by atoms with van der Waals surface area (Å²) >= 11 is 3.41. The van der Waals surface area contributed by atoms with Gasteiger partial charge in [-0.15, -0.1) is 0 Å². The van der Waals surface area contributed by atoms with E-state index in [1.807, 2.05) is 0 Å². The predicted molar refractivity (Wildman–Crippen MR) is 69.9 cm³/mol. The van der Waals surface area contributed by atoms with Gasteiger partial charge in [-0.05, 0) is 34.7 Å². The van der Waals surface area contributed by atoms with Gasteiger partial charge in [0.15, 0.2) is 0 Å². The summed E-state index contributed by atoms with van der Waals surface area (Å²) in [6.45, 7) is 1.48. The third-order valence-corrected chi connectivity index (χ3v) is 3.78. The SMILES string of the molecule is NC(=O)[C@@H](O)C1CCN(c2ncncc2Br)CC1. The molecule has 18 heavy (non-hydrogen) atoms. The van der Waals surface area contributed by atoms with Crippen LogP contribution in [0.1, 0.15) is 12.8 Å². The van der Waals surface area contributed by atoms with Crippen molar-refractivity contribution in [3.8, 4) is 0 Å². The smallest absolute Gasteiger partial charge is 0.246 e. The van der Waals surface area contributed by atoms with Crippen LogP contribution in [0.5, 0.6) is 0 Å². The molecule has 0 bridgehead atoms. The lowest BCUT2D eigenvalue weighted by molar-refractivity contribution is -0.129. The minimum absolute atomic E-state index is 0.0561. The molecule has 1 aromatic heterocycles. The van der Waals surface area contributed by atoms with Crippen LogP contribution in [0.3, 0.4) is 0 Å².